The number of oxime groups is 1. The maximum atomic E-state index is 8.79. The van der Waals surface area contributed by atoms with Crippen molar-refractivity contribution in [2.24, 2.45) is 10.9 Å². The molecular weight excluding hydrogens is 226 g/mol. The van der Waals surface area contributed by atoms with Crippen molar-refractivity contribution >= 4 is 17.6 Å². The molecule has 0 spiro atoms. The summed E-state index contributed by atoms with van der Waals surface area (Å²) in [6.45, 7) is 2.17. The summed E-state index contributed by atoms with van der Waals surface area (Å²) >= 11 is 1.55. The largest absolute Gasteiger partial charge is 0.409 e. The summed E-state index contributed by atoms with van der Waals surface area (Å²) in [7, 11) is 0. The molecule has 0 amide bonds. The van der Waals surface area contributed by atoms with E-state index in [1.807, 2.05) is 13.0 Å². The molecule has 88 valence electrons. The van der Waals surface area contributed by atoms with Gasteiger partial charge in [-0.05, 0) is 18.6 Å². The number of aromatic nitrogens is 1. The van der Waals surface area contributed by atoms with Gasteiger partial charge in [-0.2, -0.15) is 0 Å². The highest BCUT2D eigenvalue weighted by molar-refractivity contribution is 7.99. The molecule has 0 aromatic carbocycles. The Morgan fingerprint density at radius 1 is 1.62 bits per heavy atom. The summed E-state index contributed by atoms with van der Waals surface area (Å²) in [5, 5.41) is 21.3. The van der Waals surface area contributed by atoms with Crippen LogP contribution in [0.15, 0.2) is 28.4 Å². The Balaban J connectivity index is 2.75. The van der Waals surface area contributed by atoms with Gasteiger partial charge in [-0.25, -0.2) is 4.98 Å². The van der Waals surface area contributed by atoms with Crippen molar-refractivity contribution in [3.63, 3.8) is 0 Å². The predicted molar refractivity (Wildman–Crippen MR) is 63.8 cm³/mol. The molecule has 16 heavy (non-hydrogen) atoms. The number of rotatable bonds is 5. The van der Waals surface area contributed by atoms with E-state index in [-0.39, 0.29) is 17.7 Å². The van der Waals surface area contributed by atoms with Crippen molar-refractivity contribution in [2.45, 2.75) is 23.6 Å². The zero-order valence-corrected chi connectivity index (χ0v) is 9.81. The molecule has 1 unspecified atom stereocenters. The molecule has 0 saturated heterocycles. The number of hydrogen-bond donors (Lipinski definition) is 3. The molecule has 0 radical (unpaired) electrons. The minimum atomic E-state index is -0.00254. The van der Waals surface area contributed by atoms with Crippen LogP contribution in [0, 0.1) is 0 Å². The first-order valence-corrected chi connectivity index (χ1v) is 5.77. The number of aliphatic hydroxyl groups excluding tert-OH is 1. The zero-order chi connectivity index (χ0) is 12.0. The molecule has 6 heteroatoms. The Kier molecular flexibility index (Phi) is 5.07. The smallest absolute Gasteiger partial charge is 0.188 e. The van der Waals surface area contributed by atoms with Gasteiger partial charge >= 0.3 is 0 Å². The van der Waals surface area contributed by atoms with Gasteiger partial charge in [0.05, 0.1) is 5.03 Å². The summed E-state index contributed by atoms with van der Waals surface area (Å²) in [4.78, 5) is 4.23. The van der Waals surface area contributed by atoms with E-state index in [1.165, 1.54) is 0 Å². The van der Waals surface area contributed by atoms with E-state index in [1.54, 1.807) is 23.9 Å². The van der Waals surface area contributed by atoms with E-state index in [0.29, 0.717) is 12.1 Å². The first-order chi connectivity index (χ1) is 7.67. The van der Waals surface area contributed by atoms with Gasteiger partial charge in [0.1, 0.15) is 5.69 Å². The average molecular weight is 241 g/mol. The van der Waals surface area contributed by atoms with E-state index < -0.39 is 0 Å². The first kappa shape index (κ1) is 12.8. The molecule has 0 bridgehead atoms. The van der Waals surface area contributed by atoms with Gasteiger partial charge in [0, 0.05) is 11.9 Å². The van der Waals surface area contributed by atoms with Crippen LogP contribution in [0.5, 0.6) is 0 Å². The molecule has 1 aromatic heterocycles. The molecule has 1 heterocycles. The summed E-state index contributed by atoms with van der Waals surface area (Å²) in [5.74, 6) is -0.00254. The fourth-order valence-corrected chi connectivity index (χ4v) is 2.06. The molecule has 0 aliphatic heterocycles. The molecule has 1 aromatic rings. The highest BCUT2D eigenvalue weighted by Crippen LogP contribution is 2.22. The van der Waals surface area contributed by atoms with E-state index >= 15 is 0 Å². The summed E-state index contributed by atoms with van der Waals surface area (Å²) in [6.07, 6.45) is 0.708. The number of pyridine rings is 1. The lowest BCUT2D eigenvalue weighted by atomic mass is 10.3. The van der Waals surface area contributed by atoms with Crippen LogP contribution < -0.4 is 5.73 Å². The number of nitrogens with zero attached hydrogens (tertiary/aromatic N) is 2. The zero-order valence-electron chi connectivity index (χ0n) is 9.00. The van der Waals surface area contributed by atoms with Gasteiger partial charge in [0.15, 0.2) is 5.84 Å². The monoisotopic (exact) mass is 241 g/mol. The van der Waals surface area contributed by atoms with E-state index in [2.05, 4.69) is 10.1 Å². The second kappa shape index (κ2) is 6.34. The van der Waals surface area contributed by atoms with Crippen LogP contribution in [0.2, 0.25) is 0 Å². The highest BCUT2D eigenvalue weighted by atomic mass is 32.2. The van der Waals surface area contributed by atoms with E-state index in [0.717, 1.165) is 5.03 Å². The Hall–Kier alpha value is -1.27. The number of thioether (sulfide) groups is 1. The Morgan fingerprint density at radius 2 is 2.38 bits per heavy atom. The molecule has 1 rings (SSSR count). The van der Waals surface area contributed by atoms with Gasteiger partial charge in [-0.3, -0.25) is 0 Å². The summed E-state index contributed by atoms with van der Waals surface area (Å²) in [5.41, 5.74) is 5.89. The summed E-state index contributed by atoms with van der Waals surface area (Å²) < 4.78 is 0. The number of aliphatic hydroxyl groups is 1. The Bertz CT molecular complexity index is 371. The third kappa shape index (κ3) is 3.71. The Morgan fingerprint density at radius 3 is 3.00 bits per heavy atom. The minimum absolute atomic E-state index is 0.00254. The van der Waals surface area contributed by atoms with Crippen molar-refractivity contribution in [1.29, 1.82) is 0 Å². The lowest BCUT2D eigenvalue weighted by Crippen LogP contribution is -2.15. The molecule has 0 aliphatic carbocycles. The Labute approximate surface area is 98.4 Å². The second-order valence-electron chi connectivity index (χ2n) is 3.29. The van der Waals surface area contributed by atoms with Crippen LogP contribution in [0.4, 0.5) is 0 Å². The van der Waals surface area contributed by atoms with Crippen LogP contribution in [-0.2, 0) is 0 Å². The minimum Gasteiger partial charge on any atom is -0.409 e. The maximum absolute atomic E-state index is 8.79. The third-order valence-electron chi connectivity index (χ3n) is 1.95. The van der Waals surface area contributed by atoms with Gasteiger partial charge in [0.2, 0.25) is 0 Å². The van der Waals surface area contributed by atoms with Gasteiger partial charge < -0.3 is 16.0 Å². The third-order valence-corrected chi connectivity index (χ3v) is 3.06. The molecule has 0 saturated carbocycles. The van der Waals surface area contributed by atoms with Crippen molar-refractivity contribution in [3.05, 3.63) is 23.9 Å². The molecule has 1 atom stereocenters. The first-order valence-electron chi connectivity index (χ1n) is 4.90. The standard InChI is InChI=1S/C10H15N3O2S/c1-7(5-6-14)16-9-4-2-3-8(12-9)10(11)13-15/h2-4,7,14-15H,5-6H2,1H3,(H2,11,13). The highest BCUT2D eigenvalue weighted by Gasteiger charge is 2.07. The van der Waals surface area contributed by atoms with Gasteiger partial charge in [0.25, 0.3) is 0 Å². The predicted octanol–water partition coefficient (Wildman–Crippen LogP) is 1.04. The average Bonchev–Trinajstić information content (AvgIpc) is 2.28. The van der Waals surface area contributed by atoms with Crippen LogP contribution in [0.3, 0.4) is 0 Å². The molecule has 0 aliphatic rings. The van der Waals surface area contributed by atoms with Crippen molar-refractivity contribution in [3.8, 4) is 0 Å². The van der Waals surface area contributed by atoms with Gasteiger partial charge in [-0.1, -0.05) is 18.1 Å². The fraction of sp³-hybridized carbons (Fsp3) is 0.400. The van der Waals surface area contributed by atoms with Crippen molar-refractivity contribution < 1.29 is 10.3 Å². The van der Waals surface area contributed by atoms with Crippen molar-refractivity contribution in [1.82, 2.24) is 4.98 Å². The lowest BCUT2D eigenvalue weighted by molar-refractivity contribution is 0.289. The van der Waals surface area contributed by atoms with E-state index in [4.69, 9.17) is 16.0 Å². The van der Waals surface area contributed by atoms with E-state index in [9.17, 15) is 0 Å². The van der Waals surface area contributed by atoms with Crippen LogP contribution in [0.1, 0.15) is 19.0 Å². The van der Waals surface area contributed by atoms with Crippen molar-refractivity contribution in [2.75, 3.05) is 6.61 Å². The second-order valence-corrected chi connectivity index (χ2v) is 4.75. The maximum Gasteiger partial charge on any atom is 0.188 e. The fourth-order valence-electron chi connectivity index (χ4n) is 1.12. The number of nitrogens with two attached hydrogens (primary N) is 1. The number of hydrogen-bond acceptors (Lipinski definition) is 5. The molecule has 0 fully saturated rings. The lowest BCUT2D eigenvalue weighted by Gasteiger charge is -2.09. The van der Waals surface area contributed by atoms with Crippen LogP contribution in [0.25, 0.3) is 0 Å². The topological polar surface area (TPSA) is 91.7 Å². The van der Waals surface area contributed by atoms with Crippen LogP contribution in [-0.4, -0.2) is 33.0 Å². The van der Waals surface area contributed by atoms with Crippen LogP contribution >= 0.6 is 11.8 Å². The normalized spacial score (nSPS) is 13.8. The molecular formula is C10H15N3O2S. The number of amidine groups is 1. The quantitative estimate of drug-likeness (QED) is 0.235. The van der Waals surface area contributed by atoms with Gasteiger partial charge in [-0.15, -0.1) is 11.8 Å². The molecule has 4 N–H and O–H groups in total. The summed E-state index contributed by atoms with van der Waals surface area (Å²) in [6, 6.07) is 5.33. The SMILES string of the molecule is CC(CCO)Sc1cccc(C(N)=NO)n1. The molecule has 5 nitrogen and oxygen atoms in total.